The molecular formula is C14H14O3. The van der Waals surface area contributed by atoms with Gasteiger partial charge in [-0.25, -0.2) is 0 Å². The number of hydrogen-bond acceptors (Lipinski definition) is 3. The summed E-state index contributed by atoms with van der Waals surface area (Å²) in [6.07, 6.45) is 0.837. The van der Waals surface area contributed by atoms with E-state index in [1.54, 1.807) is 26.4 Å². The smallest absolute Gasteiger partial charge is 0.150 e. The van der Waals surface area contributed by atoms with E-state index in [9.17, 15) is 4.79 Å². The van der Waals surface area contributed by atoms with Crippen LogP contribution in [0.1, 0.15) is 15.9 Å². The molecule has 2 aromatic rings. The Morgan fingerprint density at radius 3 is 2.12 bits per heavy atom. The maximum absolute atomic E-state index is 11.1. The second-order valence-corrected chi connectivity index (χ2v) is 3.81. The zero-order valence-corrected chi connectivity index (χ0v) is 10.1. The van der Waals surface area contributed by atoms with Crippen LogP contribution in [0.3, 0.4) is 0 Å². The van der Waals surface area contributed by atoms with Crippen LogP contribution in [0.4, 0.5) is 0 Å². The third kappa shape index (κ3) is 1.73. The molecule has 0 aromatic heterocycles. The van der Waals surface area contributed by atoms with Gasteiger partial charge in [-0.15, -0.1) is 0 Å². The van der Waals surface area contributed by atoms with Crippen molar-refractivity contribution < 1.29 is 14.3 Å². The lowest BCUT2D eigenvalue weighted by molar-refractivity contribution is 0.112. The summed E-state index contributed by atoms with van der Waals surface area (Å²) >= 11 is 0. The highest BCUT2D eigenvalue weighted by atomic mass is 16.5. The number of benzene rings is 2. The van der Waals surface area contributed by atoms with Crippen LogP contribution in [0.5, 0.6) is 11.5 Å². The third-order valence-electron chi connectivity index (χ3n) is 2.89. The molecule has 0 spiro atoms. The molecule has 0 unspecified atom stereocenters. The van der Waals surface area contributed by atoms with E-state index < -0.39 is 0 Å². The molecule has 0 amide bonds. The molecule has 3 nitrogen and oxygen atoms in total. The Morgan fingerprint density at radius 1 is 0.941 bits per heavy atom. The molecule has 0 aliphatic heterocycles. The first-order chi connectivity index (χ1) is 8.22. The van der Waals surface area contributed by atoms with E-state index in [4.69, 9.17) is 9.47 Å². The molecule has 0 saturated carbocycles. The molecule has 0 saturated heterocycles. The Morgan fingerprint density at radius 2 is 1.53 bits per heavy atom. The van der Waals surface area contributed by atoms with Crippen molar-refractivity contribution in [3.8, 4) is 11.5 Å². The summed E-state index contributed by atoms with van der Waals surface area (Å²) < 4.78 is 10.6. The van der Waals surface area contributed by atoms with Gasteiger partial charge in [0.15, 0.2) is 6.29 Å². The van der Waals surface area contributed by atoms with Gasteiger partial charge in [-0.3, -0.25) is 4.79 Å². The molecule has 0 aliphatic carbocycles. The zero-order valence-electron chi connectivity index (χ0n) is 10.1. The molecule has 0 atom stereocenters. The summed E-state index contributed by atoms with van der Waals surface area (Å²) in [6.45, 7) is 1.98. The topological polar surface area (TPSA) is 35.5 Å². The summed E-state index contributed by atoms with van der Waals surface area (Å²) in [4.78, 5) is 11.1. The SMILES string of the molecule is COc1ccc(C=O)c2c(OC)ccc(C)c12. The molecule has 0 bridgehead atoms. The number of aldehydes is 1. The standard InChI is InChI=1S/C14H14O3/c1-9-4-6-12(17-3)14-10(8-15)5-7-11(16-2)13(9)14/h4-8H,1-3H3. The zero-order chi connectivity index (χ0) is 12.4. The lowest BCUT2D eigenvalue weighted by Crippen LogP contribution is -1.94. The fraction of sp³-hybridized carbons (Fsp3) is 0.214. The van der Waals surface area contributed by atoms with E-state index >= 15 is 0 Å². The van der Waals surface area contributed by atoms with Gasteiger partial charge in [0.2, 0.25) is 0 Å². The van der Waals surface area contributed by atoms with Gasteiger partial charge in [-0.1, -0.05) is 6.07 Å². The summed E-state index contributed by atoms with van der Waals surface area (Å²) in [7, 11) is 3.21. The maximum Gasteiger partial charge on any atom is 0.150 e. The third-order valence-corrected chi connectivity index (χ3v) is 2.89. The van der Waals surface area contributed by atoms with E-state index in [1.165, 1.54) is 0 Å². The average Bonchev–Trinajstić information content (AvgIpc) is 2.38. The first-order valence-electron chi connectivity index (χ1n) is 5.32. The van der Waals surface area contributed by atoms with Crippen LogP contribution in [0.2, 0.25) is 0 Å². The van der Waals surface area contributed by atoms with Crippen molar-refractivity contribution in [1.29, 1.82) is 0 Å². The second-order valence-electron chi connectivity index (χ2n) is 3.81. The van der Waals surface area contributed by atoms with Gasteiger partial charge < -0.3 is 9.47 Å². The van der Waals surface area contributed by atoms with Crippen LogP contribution in [-0.4, -0.2) is 20.5 Å². The quantitative estimate of drug-likeness (QED) is 0.760. The van der Waals surface area contributed by atoms with Crippen LogP contribution in [0.15, 0.2) is 24.3 Å². The number of methoxy groups -OCH3 is 2. The molecule has 0 aliphatic rings. The van der Waals surface area contributed by atoms with Crippen molar-refractivity contribution in [2.24, 2.45) is 0 Å². The molecule has 0 radical (unpaired) electrons. The van der Waals surface area contributed by atoms with E-state index in [0.29, 0.717) is 11.3 Å². The summed E-state index contributed by atoms with van der Waals surface area (Å²) in [5, 5.41) is 1.73. The van der Waals surface area contributed by atoms with Crippen molar-refractivity contribution >= 4 is 17.1 Å². The number of hydrogen-bond donors (Lipinski definition) is 0. The minimum atomic E-state index is 0.612. The fourth-order valence-corrected chi connectivity index (χ4v) is 2.06. The number of fused-ring (bicyclic) bond motifs is 1. The molecule has 17 heavy (non-hydrogen) atoms. The predicted molar refractivity (Wildman–Crippen MR) is 67.2 cm³/mol. The van der Waals surface area contributed by atoms with Gasteiger partial charge in [0, 0.05) is 16.3 Å². The van der Waals surface area contributed by atoms with Gasteiger partial charge in [0.1, 0.15) is 11.5 Å². The van der Waals surface area contributed by atoms with Crippen molar-refractivity contribution in [1.82, 2.24) is 0 Å². The van der Waals surface area contributed by atoms with Crippen molar-refractivity contribution in [3.63, 3.8) is 0 Å². The number of rotatable bonds is 3. The van der Waals surface area contributed by atoms with Crippen molar-refractivity contribution in [2.75, 3.05) is 14.2 Å². The predicted octanol–water partition coefficient (Wildman–Crippen LogP) is 2.98. The molecule has 0 heterocycles. The Balaban J connectivity index is 2.98. The van der Waals surface area contributed by atoms with Crippen LogP contribution in [0, 0.1) is 6.92 Å². The van der Waals surface area contributed by atoms with Crippen LogP contribution < -0.4 is 9.47 Å². The molecular weight excluding hydrogens is 216 g/mol. The van der Waals surface area contributed by atoms with E-state index in [0.717, 1.165) is 28.4 Å². The lowest BCUT2D eigenvalue weighted by Gasteiger charge is -2.13. The molecule has 0 N–H and O–H groups in total. The fourth-order valence-electron chi connectivity index (χ4n) is 2.06. The largest absolute Gasteiger partial charge is 0.496 e. The van der Waals surface area contributed by atoms with E-state index in [1.807, 2.05) is 19.1 Å². The number of carbonyl (C=O) groups excluding carboxylic acids is 1. The Hall–Kier alpha value is -2.03. The summed E-state index contributed by atoms with van der Waals surface area (Å²) in [5.41, 5.74) is 1.67. The number of aryl methyl sites for hydroxylation is 1. The maximum atomic E-state index is 11.1. The minimum absolute atomic E-state index is 0.612. The van der Waals surface area contributed by atoms with Crippen molar-refractivity contribution in [3.05, 3.63) is 35.4 Å². The molecule has 0 fully saturated rings. The van der Waals surface area contributed by atoms with Crippen LogP contribution in [0.25, 0.3) is 10.8 Å². The highest BCUT2D eigenvalue weighted by Crippen LogP contribution is 2.36. The van der Waals surface area contributed by atoms with Crippen LogP contribution >= 0.6 is 0 Å². The van der Waals surface area contributed by atoms with Crippen LogP contribution in [-0.2, 0) is 0 Å². The first-order valence-corrected chi connectivity index (χ1v) is 5.32. The monoisotopic (exact) mass is 230 g/mol. The highest BCUT2D eigenvalue weighted by Gasteiger charge is 2.12. The second kappa shape index (κ2) is 4.45. The van der Waals surface area contributed by atoms with Gasteiger partial charge >= 0.3 is 0 Å². The molecule has 88 valence electrons. The van der Waals surface area contributed by atoms with Gasteiger partial charge in [-0.05, 0) is 30.7 Å². The van der Waals surface area contributed by atoms with Crippen molar-refractivity contribution in [2.45, 2.75) is 6.92 Å². The molecule has 3 heteroatoms. The highest BCUT2D eigenvalue weighted by molar-refractivity contribution is 6.05. The van der Waals surface area contributed by atoms with Gasteiger partial charge in [0.25, 0.3) is 0 Å². The lowest BCUT2D eigenvalue weighted by atomic mass is 9.99. The summed E-state index contributed by atoms with van der Waals surface area (Å²) in [5.74, 6) is 1.44. The van der Waals surface area contributed by atoms with E-state index in [-0.39, 0.29) is 0 Å². The minimum Gasteiger partial charge on any atom is -0.496 e. The molecule has 2 aromatic carbocycles. The average molecular weight is 230 g/mol. The Bertz CT molecular complexity index is 573. The first kappa shape index (κ1) is 11.5. The van der Waals surface area contributed by atoms with Gasteiger partial charge in [0.05, 0.1) is 14.2 Å². The number of ether oxygens (including phenoxy) is 2. The number of carbonyl (C=O) groups is 1. The normalized spacial score (nSPS) is 10.3. The Labute approximate surface area is 100.0 Å². The summed E-state index contributed by atoms with van der Waals surface area (Å²) in [6, 6.07) is 7.37. The van der Waals surface area contributed by atoms with E-state index in [2.05, 4.69) is 0 Å². The Kier molecular flexibility index (Phi) is 3.00. The van der Waals surface area contributed by atoms with Gasteiger partial charge in [-0.2, -0.15) is 0 Å². The molecule has 2 rings (SSSR count).